The Morgan fingerprint density at radius 2 is 1.46 bits per heavy atom. The number of carbonyl (C=O) groups is 1. The molecule has 218 valence electrons. The third-order valence-electron chi connectivity index (χ3n) is 8.20. The van der Waals surface area contributed by atoms with E-state index in [0.717, 1.165) is 24.7 Å². The van der Waals surface area contributed by atoms with E-state index in [2.05, 4.69) is 4.90 Å². The molecule has 10 heteroatoms. The summed E-state index contributed by atoms with van der Waals surface area (Å²) < 4.78 is 93.3. The first-order valence-corrected chi connectivity index (χ1v) is 13.3. The van der Waals surface area contributed by atoms with Crippen molar-refractivity contribution < 1.29 is 40.6 Å². The van der Waals surface area contributed by atoms with Crippen LogP contribution in [0.5, 0.6) is 0 Å². The fraction of sp³-hybridized carbons (Fsp3) is 0.387. The van der Waals surface area contributed by atoms with Crippen LogP contribution in [0.1, 0.15) is 59.6 Å². The van der Waals surface area contributed by atoms with Crippen LogP contribution in [0.2, 0.25) is 0 Å². The lowest BCUT2D eigenvalue weighted by molar-refractivity contribution is -0.174. The molecule has 0 saturated carbocycles. The Kier molecular flexibility index (Phi) is 7.91. The van der Waals surface area contributed by atoms with E-state index in [4.69, 9.17) is 9.47 Å². The van der Waals surface area contributed by atoms with Gasteiger partial charge in [0.25, 0.3) is 0 Å². The number of hydrogen-bond acceptors (Lipinski definition) is 4. The molecule has 0 N–H and O–H groups in total. The molecular weight excluding hydrogens is 548 g/mol. The molecule has 0 radical (unpaired) electrons. The molecule has 5 rings (SSSR count). The van der Waals surface area contributed by atoms with Gasteiger partial charge in [0.1, 0.15) is 0 Å². The lowest BCUT2D eigenvalue weighted by atomic mass is 9.78. The molecule has 3 aromatic rings. The highest BCUT2D eigenvalue weighted by Crippen LogP contribution is 2.53. The van der Waals surface area contributed by atoms with Crippen LogP contribution in [0.25, 0.3) is 0 Å². The number of benzene rings is 3. The van der Waals surface area contributed by atoms with Crippen LogP contribution in [0, 0.1) is 0 Å². The zero-order chi connectivity index (χ0) is 29.4. The number of carbonyl (C=O) groups excluding carboxylic acids is 1. The number of esters is 1. The van der Waals surface area contributed by atoms with Gasteiger partial charge in [-0.15, -0.1) is 0 Å². The molecule has 0 spiro atoms. The molecule has 4 unspecified atom stereocenters. The minimum Gasteiger partial charge on any atom is -0.467 e. The molecule has 3 aromatic carbocycles. The number of nitrogens with zero attached hydrogens (tertiary/aromatic N) is 1. The Labute approximate surface area is 233 Å². The maximum Gasteiger partial charge on any atom is 0.416 e. The highest BCUT2D eigenvalue weighted by Gasteiger charge is 2.56. The van der Waals surface area contributed by atoms with Crippen molar-refractivity contribution in [1.82, 2.24) is 4.90 Å². The number of rotatable bonds is 7. The molecule has 2 saturated heterocycles. The quantitative estimate of drug-likeness (QED) is 0.213. The van der Waals surface area contributed by atoms with Gasteiger partial charge in [0, 0.05) is 12.6 Å². The van der Waals surface area contributed by atoms with E-state index >= 15 is 0 Å². The Bertz CT molecular complexity index is 1330. The van der Waals surface area contributed by atoms with E-state index in [1.54, 1.807) is 0 Å². The van der Waals surface area contributed by atoms with E-state index in [-0.39, 0.29) is 12.1 Å². The number of alkyl halides is 6. The van der Waals surface area contributed by atoms with Crippen molar-refractivity contribution >= 4 is 5.97 Å². The van der Waals surface area contributed by atoms with Gasteiger partial charge in [-0.3, -0.25) is 4.90 Å². The summed E-state index contributed by atoms with van der Waals surface area (Å²) in [6.07, 6.45) is -10.0. The van der Waals surface area contributed by atoms with Gasteiger partial charge in [-0.25, -0.2) is 4.79 Å². The van der Waals surface area contributed by atoms with E-state index in [1.165, 1.54) is 0 Å². The topological polar surface area (TPSA) is 38.8 Å². The van der Waals surface area contributed by atoms with Gasteiger partial charge < -0.3 is 9.47 Å². The van der Waals surface area contributed by atoms with Crippen molar-refractivity contribution in [2.24, 2.45) is 0 Å². The maximum absolute atomic E-state index is 13.7. The molecule has 4 nitrogen and oxygen atoms in total. The SMILES string of the molecule is COC(=O)C(OC1CCC2CCC1(c1ccccc1)N2Cc1ccccc1)c1cc(C(F)(F)F)cc(C(F)(F)F)c1. The average Bonchev–Trinajstić information content (AvgIpc) is 3.19. The van der Waals surface area contributed by atoms with Crippen LogP contribution >= 0.6 is 0 Å². The minimum absolute atomic E-state index is 0.0348. The monoisotopic (exact) mass is 577 g/mol. The fourth-order valence-corrected chi connectivity index (χ4v) is 6.37. The first kappa shape index (κ1) is 29.1. The lowest BCUT2D eigenvalue weighted by Crippen LogP contribution is -2.57. The standard InChI is InChI=1S/C31H29F6NO3/c1-40-28(39)27(21-16-23(30(32,33)34)18-24(17-21)31(35,36)37)41-26-13-12-25-14-15-29(26,22-10-6-3-7-11-22)38(25)19-20-8-4-2-5-9-20/h2-11,16-18,25-27H,12-15,19H2,1H3. The Balaban J connectivity index is 1.60. The molecule has 2 bridgehead atoms. The summed E-state index contributed by atoms with van der Waals surface area (Å²) >= 11 is 0. The Hall–Kier alpha value is -3.37. The van der Waals surface area contributed by atoms with Crippen LogP contribution in [0.15, 0.2) is 78.9 Å². The summed E-state index contributed by atoms with van der Waals surface area (Å²) in [4.78, 5) is 15.3. The first-order valence-electron chi connectivity index (χ1n) is 13.3. The van der Waals surface area contributed by atoms with Crippen molar-refractivity contribution in [2.45, 2.75) is 68.4 Å². The first-order chi connectivity index (χ1) is 19.4. The second kappa shape index (κ2) is 11.1. The number of hydrogen-bond donors (Lipinski definition) is 0. The smallest absolute Gasteiger partial charge is 0.416 e. The van der Waals surface area contributed by atoms with Gasteiger partial charge in [0.05, 0.1) is 29.9 Å². The second-order valence-corrected chi connectivity index (χ2v) is 10.5. The van der Waals surface area contributed by atoms with Gasteiger partial charge in [-0.05, 0) is 60.6 Å². The van der Waals surface area contributed by atoms with Crippen molar-refractivity contribution in [2.75, 3.05) is 7.11 Å². The summed E-state index contributed by atoms with van der Waals surface area (Å²) in [5.41, 5.74) is -2.40. The van der Waals surface area contributed by atoms with Crippen LogP contribution in [0.4, 0.5) is 26.3 Å². The number of methoxy groups -OCH3 is 1. The summed E-state index contributed by atoms with van der Waals surface area (Å²) in [6.45, 7) is 0.560. The molecular formula is C31H29F6NO3. The average molecular weight is 578 g/mol. The summed E-state index contributed by atoms with van der Waals surface area (Å²) in [5, 5.41) is 0. The van der Waals surface area contributed by atoms with Crippen molar-refractivity contribution in [3.63, 3.8) is 0 Å². The third-order valence-corrected chi connectivity index (χ3v) is 8.20. The second-order valence-electron chi connectivity index (χ2n) is 10.5. The van der Waals surface area contributed by atoms with Crippen LogP contribution in [0.3, 0.4) is 0 Å². The molecule has 4 atom stereocenters. The highest BCUT2D eigenvalue weighted by molar-refractivity contribution is 5.76. The minimum atomic E-state index is -5.07. The van der Waals surface area contributed by atoms with E-state index in [9.17, 15) is 31.1 Å². The molecule has 0 amide bonds. The van der Waals surface area contributed by atoms with Crippen molar-refractivity contribution in [3.8, 4) is 0 Å². The van der Waals surface area contributed by atoms with Gasteiger partial charge in [-0.2, -0.15) is 26.3 Å². The third kappa shape index (κ3) is 5.72. The van der Waals surface area contributed by atoms with E-state index < -0.39 is 52.8 Å². The normalized spacial score (nSPS) is 23.8. The summed E-state index contributed by atoms with van der Waals surface area (Å²) in [6, 6.07) is 20.6. The molecule has 0 aliphatic carbocycles. The summed E-state index contributed by atoms with van der Waals surface area (Å²) in [5.74, 6) is -1.07. The number of fused-ring (bicyclic) bond motifs is 2. The molecule has 41 heavy (non-hydrogen) atoms. The number of ether oxygens (including phenoxy) is 2. The Morgan fingerprint density at radius 3 is 2.02 bits per heavy atom. The fourth-order valence-electron chi connectivity index (χ4n) is 6.37. The largest absolute Gasteiger partial charge is 0.467 e. The van der Waals surface area contributed by atoms with E-state index in [0.29, 0.717) is 37.9 Å². The van der Waals surface area contributed by atoms with Crippen LogP contribution in [-0.4, -0.2) is 30.1 Å². The predicted molar refractivity (Wildman–Crippen MR) is 138 cm³/mol. The Morgan fingerprint density at radius 1 is 0.878 bits per heavy atom. The zero-order valence-electron chi connectivity index (χ0n) is 22.2. The predicted octanol–water partition coefficient (Wildman–Crippen LogP) is 7.68. The van der Waals surface area contributed by atoms with Crippen LogP contribution < -0.4 is 0 Å². The van der Waals surface area contributed by atoms with Gasteiger partial charge in [-0.1, -0.05) is 60.7 Å². The molecule has 2 fully saturated rings. The van der Waals surface area contributed by atoms with Gasteiger partial charge in [0.15, 0.2) is 6.10 Å². The van der Waals surface area contributed by atoms with Gasteiger partial charge in [0.2, 0.25) is 0 Å². The molecule has 2 aliphatic heterocycles. The molecule has 2 heterocycles. The van der Waals surface area contributed by atoms with E-state index in [1.807, 2.05) is 60.7 Å². The number of piperidine rings is 1. The number of halogens is 6. The lowest BCUT2D eigenvalue weighted by Gasteiger charge is -2.50. The van der Waals surface area contributed by atoms with Crippen molar-refractivity contribution in [1.29, 1.82) is 0 Å². The van der Waals surface area contributed by atoms with Gasteiger partial charge >= 0.3 is 18.3 Å². The van der Waals surface area contributed by atoms with Crippen molar-refractivity contribution in [3.05, 3.63) is 107 Å². The highest BCUT2D eigenvalue weighted by atomic mass is 19.4. The molecule has 0 aromatic heterocycles. The zero-order valence-corrected chi connectivity index (χ0v) is 22.2. The maximum atomic E-state index is 13.7. The summed E-state index contributed by atoms with van der Waals surface area (Å²) in [7, 11) is 1.03. The molecule has 2 aliphatic rings. The van der Waals surface area contributed by atoms with Crippen LogP contribution in [-0.2, 0) is 38.7 Å².